The van der Waals surface area contributed by atoms with E-state index >= 15 is 0 Å². The van der Waals surface area contributed by atoms with Crippen LogP contribution in [0.2, 0.25) is 10.2 Å². The summed E-state index contributed by atoms with van der Waals surface area (Å²) >= 11 is 12.7. The number of esters is 2. The molecule has 0 fully saturated rings. The Morgan fingerprint density at radius 2 is 1.76 bits per heavy atom. The fraction of sp³-hybridized carbons (Fsp3) is 0.409. The first kappa shape index (κ1) is 25.6. The van der Waals surface area contributed by atoms with Crippen LogP contribution in [-0.4, -0.2) is 50.3 Å². The van der Waals surface area contributed by atoms with Gasteiger partial charge in [-0.15, -0.1) is 0 Å². The molecule has 0 aliphatic rings. The first-order valence-electron chi connectivity index (χ1n) is 10.5. The van der Waals surface area contributed by atoms with E-state index in [4.69, 9.17) is 37.4 Å². The molecular weight excluding hydrogens is 490 g/mol. The van der Waals surface area contributed by atoms with Crippen LogP contribution in [0, 0.1) is 11.7 Å². The third kappa shape index (κ3) is 4.78. The van der Waals surface area contributed by atoms with Gasteiger partial charge in [0.05, 0.1) is 23.8 Å². The number of carbonyl (C=O) groups excluding carboxylic acids is 2. The summed E-state index contributed by atoms with van der Waals surface area (Å²) < 4.78 is 32.6. The van der Waals surface area contributed by atoms with Crippen molar-refractivity contribution >= 4 is 40.9 Å². The van der Waals surface area contributed by atoms with E-state index in [2.05, 4.69) is 15.1 Å². The van der Waals surface area contributed by atoms with E-state index in [1.54, 1.807) is 27.7 Å². The summed E-state index contributed by atoms with van der Waals surface area (Å²) in [5.74, 6) is -3.20. The van der Waals surface area contributed by atoms with Gasteiger partial charge in [-0.2, -0.15) is 19.6 Å². The first-order chi connectivity index (χ1) is 16.2. The Bertz CT molecular complexity index is 1180. The lowest BCUT2D eigenvalue weighted by Crippen LogP contribution is -2.55. The Labute approximate surface area is 205 Å². The van der Waals surface area contributed by atoms with Crippen LogP contribution in [-0.2, 0) is 19.1 Å². The van der Waals surface area contributed by atoms with Gasteiger partial charge in [-0.3, -0.25) is 0 Å². The van der Waals surface area contributed by atoms with Crippen LogP contribution in [0.1, 0.15) is 34.1 Å². The second kappa shape index (κ2) is 10.5. The number of hydrogen-bond donors (Lipinski definition) is 0. The number of aromatic nitrogens is 4. The molecule has 0 saturated carbocycles. The quantitative estimate of drug-likeness (QED) is 0.234. The molecule has 182 valence electrons. The zero-order valence-electron chi connectivity index (χ0n) is 19.0. The molecule has 0 spiro atoms. The van der Waals surface area contributed by atoms with Crippen molar-refractivity contribution in [3.8, 4) is 17.0 Å². The number of carbonyl (C=O) groups is 2. The Hall–Kier alpha value is -2.98. The summed E-state index contributed by atoms with van der Waals surface area (Å²) in [5, 5.41) is 3.84. The summed E-state index contributed by atoms with van der Waals surface area (Å²) in [6, 6.07) is 4.03. The second-order valence-corrected chi connectivity index (χ2v) is 8.38. The maximum atomic E-state index is 15.0. The van der Waals surface area contributed by atoms with E-state index in [1.807, 2.05) is 0 Å². The molecule has 3 rings (SSSR count). The second-order valence-electron chi connectivity index (χ2n) is 7.62. The van der Waals surface area contributed by atoms with Crippen molar-refractivity contribution in [3.63, 3.8) is 0 Å². The molecule has 34 heavy (non-hydrogen) atoms. The largest absolute Gasteiger partial charge is 0.463 e. The summed E-state index contributed by atoms with van der Waals surface area (Å²) in [4.78, 5) is 34.6. The molecule has 1 aromatic carbocycles. The average Bonchev–Trinajstić information content (AvgIpc) is 3.22. The Morgan fingerprint density at radius 1 is 1.12 bits per heavy atom. The number of hydrogen-bond acceptors (Lipinski definition) is 8. The molecule has 0 amide bonds. The minimum atomic E-state index is -2.25. The molecule has 2 heterocycles. The molecular formula is C22H23Cl2FN4O5. The lowest BCUT2D eigenvalue weighted by atomic mass is 9.91. The van der Waals surface area contributed by atoms with Crippen LogP contribution in [0.3, 0.4) is 0 Å². The fourth-order valence-corrected chi connectivity index (χ4v) is 3.95. The van der Waals surface area contributed by atoms with E-state index in [0.29, 0.717) is 0 Å². The van der Waals surface area contributed by atoms with E-state index in [0.717, 1.165) is 10.8 Å². The standard InChI is InChI=1S/C22H23Cl2FN4O5/c1-5-32-19(30)22(10-12(3)4,20(31)33-6-2)34-18-16(15-13(23)8-7-9-14(15)25)17(24)28-21-26-11-27-29(18)21/h7-9,11-12H,5-6,10H2,1-4H3. The van der Waals surface area contributed by atoms with E-state index in [-0.39, 0.29) is 58.5 Å². The lowest BCUT2D eigenvalue weighted by molar-refractivity contribution is -0.182. The summed E-state index contributed by atoms with van der Waals surface area (Å²) in [6.07, 6.45) is 1.04. The monoisotopic (exact) mass is 512 g/mol. The Balaban J connectivity index is 2.37. The highest BCUT2D eigenvalue weighted by Gasteiger charge is 2.53. The highest BCUT2D eigenvalue weighted by atomic mass is 35.5. The number of benzene rings is 1. The fourth-order valence-electron chi connectivity index (χ4n) is 3.44. The number of halogens is 3. The molecule has 9 nitrogen and oxygen atoms in total. The van der Waals surface area contributed by atoms with Crippen molar-refractivity contribution < 1.29 is 28.2 Å². The molecule has 12 heteroatoms. The van der Waals surface area contributed by atoms with Crippen LogP contribution >= 0.6 is 23.2 Å². The summed E-state index contributed by atoms with van der Waals surface area (Å²) in [6.45, 7) is 6.71. The van der Waals surface area contributed by atoms with Crippen molar-refractivity contribution in [2.24, 2.45) is 5.92 Å². The molecule has 0 saturated heterocycles. The van der Waals surface area contributed by atoms with Crippen molar-refractivity contribution in [1.82, 2.24) is 19.6 Å². The number of nitrogens with zero attached hydrogens (tertiary/aromatic N) is 4. The topological polar surface area (TPSA) is 105 Å². The van der Waals surface area contributed by atoms with Crippen molar-refractivity contribution in [2.45, 2.75) is 39.7 Å². The SMILES string of the molecule is CCOC(=O)C(CC(C)C)(Oc1c(-c2c(F)cccc2Cl)c(Cl)nc2ncnn12)C(=O)OCC. The van der Waals surface area contributed by atoms with E-state index in [1.165, 1.54) is 18.2 Å². The Morgan fingerprint density at radius 3 is 2.32 bits per heavy atom. The van der Waals surface area contributed by atoms with Gasteiger partial charge >= 0.3 is 17.5 Å². The van der Waals surface area contributed by atoms with Crippen molar-refractivity contribution in [3.05, 3.63) is 40.5 Å². The number of ether oxygens (including phenoxy) is 3. The molecule has 0 radical (unpaired) electrons. The molecule has 0 aliphatic heterocycles. The van der Waals surface area contributed by atoms with Gasteiger partial charge in [0.1, 0.15) is 17.3 Å². The van der Waals surface area contributed by atoms with Gasteiger partial charge in [-0.1, -0.05) is 43.1 Å². The maximum absolute atomic E-state index is 15.0. The summed E-state index contributed by atoms with van der Waals surface area (Å²) in [5.41, 5.74) is -2.53. The van der Waals surface area contributed by atoms with Crippen molar-refractivity contribution in [1.29, 1.82) is 0 Å². The molecule has 0 bridgehead atoms. The summed E-state index contributed by atoms with van der Waals surface area (Å²) in [7, 11) is 0. The number of fused-ring (bicyclic) bond motifs is 1. The van der Waals surface area contributed by atoms with E-state index < -0.39 is 23.4 Å². The van der Waals surface area contributed by atoms with Gasteiger partial charge in [0.2, 0.25) is 5.88 Å². The van der Waals surface area contributed by atoms with Crippen molar-refractivity contribution in [2.75, 3.05) is 13.2 Å². The van der Waals surface area contributed by atoms with Gasteiger partial charge in [0.25, 0.3) is 5.78 Å². The molecule has 0 aliphatic carbocycles. The predicted octanol–water partition coefficient (Wildman–Crippen LogP) is 4.53. The van der Waals surface area contributed by atoms with Gasteiger partial charge in [0.15, 0.2) is 0 Å². The van der Waals surface area contributed by atoms with Gasteiger partial charge in [-0.05, 0) is 31.9 Å². The third-order valence-electron chi connectivity index (χ3n) is 4.73. The first-order valence-corrected chi connectivity index (χ1v) is 11.3. The van der Waals surface area contributed by atoms with Gasteiger partial charge < -0.3 is 14.2 Å². The van der Waals surface area contributed by atoms with E-state index in [9.17, 15) is 14.0 Å². The molecule has 2 aromatic heterocycles. The smallest absolute Gasteiger partial charge is 0.362 e. The van der Waals surface area contributed by atoms with Gasteiger partial charge in [0, 0.05) is 12.0 Å². The third-order valence-corrected chi connectivity index (χ3v) is 5.32. The lowest BCUT2D eigenvalue weighted by Gasteiger charge is -2.32. The van der Waals surface area contributed by atoms with Crippen LogP contribution in [0.4, 0.5) is 4.39 Å². The molecule has 0 unspecified atom stereocenters. The zero-order chi connectivity index (χ0) is 25.0. The van der Waals surface area contributed by atoms with Crippen LogP contribution in [0.5, 0.6) is 5.88 Å². The van der Waals surface area contributed by atoms with Crippen LogP contribution in [0.25, 0.3) is 16.9 Å². The minimum absolute atomic E-state index is 0.00487. The zero-order valence-corrected chi connectivity index (χ0v) is 20.5. The highest BCUT2D eigenvalue weighted by molar-refractivity contribution is 6.36. The molecule has 0 N–H and O–H groups in total. The van der Waals surface area contributed by atoms with Crippen LogP contribution < -0.4 is 4.74 Å². The molecule has 3 aromatic rings. The highest BCUT2D eigenvalue weighted by Crippen LogP contribution is 2.43. The predicted molar refractivity (Wildman–Crippen MR) is 122 cm³/mol. The van der Waals surface area contributed by atoms with Gasteiger partial charge in [-0.25, -0.2) is 14.0 Å². The Kier molecular flexibility index (Phi) is 7.93. The number of rotatable bonds is 9. The minimum Gasteiger partial charge on any atom is -0.463 e. The molecule has 0 atom stereocenters. The maximum Gasteiger partial charge on any atom is 0.362 e. The van der Waals surface area contributed by atoms with Crippen LogP contribution in [0.15, 0.2) is 24.5 Å². The normalized spacial score (nSPS) is 11.6. The average molecular weight is 513 g/mol.